The molecule has 4 rings (SSSR count). The van der Waals surface area contributed by atoms with Gasteiger partial charge in [0.2, 0.25) is 0 Å². The summed E-state index contributed by atoms with van der Waals surface area (Å²) in [6.07, 6.45) is 1.43. The monoisotopic (exact) mass is 396 g/mol. The number of hydrogen-bond donors (Lipinski definition) is 1. The first-order chi connectivity index (χ1) is 13.6. The van der Waals surface area contributed by atoms with Gasteiger partial charge in [0.25, 0.3) is 5.91 Å². The van der Waals surface area contributed by atoms with Gasteiger partial charge in [-0.15, -0.1) is 11.3 Å². The molecule has 0 saturated heterocycles. The largest absolute Gasteiger partial charge is 0.350 e. The van der Waals surface area contributed by atoms with E-state index in [2.05, 4.69) is 26.8 Å². The van der Waals surface area contributed by atoms with E-state index in [-0.39, 0.29) is 11.7 Å². The zero-order chi connectivity index (χ0) is 19.5. The Morgan fingerprint density at radius 2 is 2.07 bits per heavy atom. The molecule has 146 valence electrons. The molecular formula is C21H24N4O2S. The summed E-state index contributed by atoms with van der Waals surface area (Å²) in [5.41, 5.74) is 2.65. The van der Waals surface area contributed by atoms with Gasteiger partial charge in [-0.1, -0.05) is 18.2 Å². The van der Waals surface area contributed by atoms with Crippen molar-refractivity contribution in [3.63, 3.8) is 0 Å². The Balaban J connectivity index is 1.34. The number of hydrazone groups is 1. The lowest BCUT2D eigenvalue weighted by Gasteiger charge is -2.26. The molecule has 0 radical (unpaired) electrons. The van der Waals surface area contributed by atoms with Crippen LogP contribution in [0.2, 0.25) is 0 Å². The van der Waals surface area contributed by atoms with E-state index in [1.165, 1.54) is 10.4 Å². The van der Waals surface area contributed by atoms with Gasteiger partial charge in [0.15, 0.2) is 5.78 Å². The molecule has 1 N–H and O–H groups in total. The van der Waals surface area contributed by atoms with E-state index in [9.17, 15) is 9.59 Å². The zero-order valence-corrected chi connectivity index (χ0v) is 16.7. The van der Waals surface area contributed by atoms with Gasteiger partial charge in [0.1, 0.15) is 11.8 Å². The number of benzene rings is 1. The number of amides is 1. The highest BCUT2D eigenvalue weighted by Crippen LogP contribution is 2.25. The van der Waals surface area contributed by atoms with Gasteiger partial charge in [-0.05, 0) is 42.5 Å². The van der Waals surface area contributed by atoms with Crippen LogP contribution in [0, 0.1) is 0 Å². The molecule has 0 spiro atoms. The average Bonchev–Trinajstić information content (AvgIpc) is 3.35. The van der Waals surface area contributed by atoms with Gasteiger partial charge >= 0.3 is 0 Å². The van der Waals surface area contributed by atoms with E-state index in [1.54, 1.807) is 11.9 Å². The third-order valence-corrected chi connectivity index (χ3v) is 6.29. The lowest BCUT2D eigenvalue weighted by atomic mass is 10.1. The predicted molar refractivity (Wildman–Crippen MR) is 112 cm³/mol. The number of nitrogens with one attached hydrogen (secondary N) is 1. The van der Waals surface area contributed by atoms with E-state index in [0.29, 0.717) is 18.7 Å². The first-order valence-corrected chi connectivity index (χ1v) is 10.5. The van der Waals surface area contributed by atoms with Crippen molar-refractivity contribution in [3.05, 3.63) is 52.2 Å². The third-order valence-electron chi connectivity index (χ3n) is 5.26. The molecule has 7 heteroatoms. The number of Topliss-reactive ketones (excluding diaryl/α,β-unsaturated/α-hetero) is 1. The number of hydrogen-bond acceptors (Lipinski definition) is 6. The van der Waals surface area contributed by atoms with Crippen LogP contribution in [0.1, 0.15) is 23.8 Å². The van der Waals surface area contributed by atoms with E-state index in [1.807, 2.05) is 41.7 Å². The molecule has 2 aromatic rings. The van der Waals surface area contributed by atoms with Crippen molar-refractivity contribution in [2.75, 3.05) is 24.6 Å². The predicted octanol–water partition coefficient (Wildman–Crippen LogP) is 2.45. The first-order valence-electron chi connectivity index (χ1n) is 9.60. The summed E-state index contributed by atoms with van der Waals surface area (Å²) in [5.74, 6) is -0.173. The van der Waals surface area contributed by atoms with Gasteiger partial charge < -0.3 is 5.32 Å². The van der Waals surface area contributed by atoms with Crippen molar-refractivity contribution >= 4 is 34.4 Å². The Hall–Kier alpha value is -2.51. The topological polar surface area (TPSA) is 65.0 Å². The van der Waals surface area contributed by atoms with Gasteiger partial charge in [-0.2, -0.15) is 5.10 Å². The SMILES string of the molecule is CC(=O)C1CC(C(=O)NCCN2CCc3sccc3C2)=NN1c1ccccc1. The van der Waals surface area contributed by atoms with Crippen LogP contribution >= 0.6 is 11.3 Å². The molecule has 28 heavy (non-hydrogen) atoms. The van der Waals surface area contributed by atoms with Crippen molar-refractivity contribution in [1.82, 2.24) is 10.2 Å². The summed E-state index contributed by atoms with van der Waals surface area (Å²) in [4.78, 5) is 28.5. The Labute approximate surface area is 168 Å². The average molecular weight is 397 g/mol. The molecule has 0 fully saturated rings. The fourth-order valence-corrected chi connectivity index (χ4v) is 4.60. The maximum Gasteiger partial charge on any atom is 0.267 e. The molecule has 0 aliphatic carbocycles. The molecule has 1 aromatic carbocycles. The number of ketones is 1. The van der Waals surface area contributed by atoms with E-state index in [4.69, 9.17) is 0 Å². The molecule has 1 amide bonds. The molecule has 2 aliphatic rings. The van der Waals surface area contributed by atoms with Gasteiger partial charge in [-0.25, -0.2) is 0 Å². The minimum absolute atomic E-state index is 0.00952. The number of anilines is 1. The second-order valence-electron chi connectivity index (χ2n) is 7.21. The van der Waals surface area contributed by atoms with E-state index < -0.39 is 6.04 Å². The van der Waals surface area contributed by atoms with Crippen LogP contribution in [0.5, 0.6) is 0 Å². The number of para-hydroxylation sites is 1. The summed E-state index contributed by atoms with van der Waals surface area (Å²) in [7, 11) is 0. The van der Waals surface area contributed by atoms with Gasteiger partial charge in [0, 0.05) is 37.5 Å². The zero-order valence-electron chi connectivity index (χ0n) is 15.9. The molecule has 2 aliphatic heterocycles. The van der Waals surface area contributed by atoms with E-state index in [0.717, 1.165) is 31.7 Å². The highest BCUT2D eigenvalue weighted by atomic mass is 32.1. The van der Waals surface area contributed by atoms with Gasteiger partial charge in [0.05, 0.1) is 5.69 Å². The molecular weight excluding hydrogens is 372 g/mol. The fraction of sp³-hybridized carbons (Fsp3) is 0.381. The van der Waals surface area contributed by atoms with Crippen LogP contribution in [0.4, 0.5) is 5.69 Å². The van der Waals surface area contributed by atoms with Crippen molar-refractivity contribution in [2.45, 2.75) is 32.4 Å². The highest BCUT2D eigenvalue weighted by Gasteiger charge is 2.34. The number of rotatable bonds is 6. The highest BCUT2D eigenvalue weighted by molar-refractivity contribution is 7.10. The van der Waals surface area contributed by atoms with Crippen LogP contribution in [0.3, 0.4) is 0 Å². The molecule has 1 atom stereocenters. The summed E-state index contributed by atoms with van der Waals surface area (Å²) < 4.78 is 0. The van der Waals surface area contributed by atoms with Gasteiger partial charge in [-0.3, -0.25) is 19.5 Å². The maximum atomic E-state index is 12.6. The maximum absolute atomic E-state index is 12.6. The van der Waals surface area contributed by atoms with Crippen LogP contribution < -0.4 is 10.3 Å². The number of carbonyl (C=O) groups excluding carboxylic acids is 2. The van der Waals surface area contributed by atoms with Crippen molar-refractivity contribution in [2.24, 2.45) is 5.10 Å². The van der Waals surface area contributed by atoms with Crippen molar-refractivity contribution < 1.29 is 9.59 Å². The minimum atomic E-state index is -0.415. The minimum Gasteiger partial charge on any atom is -0.350 e. The number of nitrogens with zero attached hydrogens (tertiary/aromatic N) is 3. The molecule has 1 unspecified atom stereocenters. The third kappa shape index (κ3) is 4.00. The second-order valence-corrected chi connectivity index (χ2v) is 8.21. The lowest BCUT2D eigenvalue weighted by molar-refractivity contribution is -0.118. The van der Waals surface area contributed by atoms with Crippen LogP contribution in [-0.2, 0) is 22.6 Å². The van der Waals surface area contributed by atoms with E-state index >= 15 is 0 Å². The second kappa shape index (κ2) is 8.24. The molecule has 1 aromatic heterocycles. The summed E-state index contributed by atoms with van der Waals surface area (Å²) in [6, 6.07) is 11.3. The summed E-state index contributed by atoms with van der Waals surface area (Å²) in [5, 5.41) is 11.2. The molecule has 3 heterocycles. The normalized spacial score (nSPS) is 19.2. The molecule has 0 saturated carbocycles. The number of carbonyl (C=O) groups is 2. The Bertz CT molecular complexity index is 893. The molecule has 6 nitrogen and oxygen atoms in total. The Morgan fingerprint density at radius 1 is 1.25 bits per heavy atom. The standard InChI is InChI=1S/C21H24N4O2S/c1-15(26)19-13-18(23-25(19)17-5-3-2-4-6-17)21(27)22-9-11-24-10-7-20-16(14-24)8-12-28-20/h2-6,8,12,19H,7,9-11,13-14H2,1H3,(H,22,27). The Morgan fingerprint density at radius 3 is 2.86 bits per heavy atom. The summed E-state index contributed by atoms with van der Waals surface area (Å²) in [6.45, 7) is 4.91. The number of fused-ring (bicyclic) bond motifs is 1. The molecule has 0 bridgehead atoms. The van der Waals surface area contributed by atoms with Crippen molar-refractivity contribution in [1.29, 1.82) is 0 Å². The Kier molecular flexibility index (Phi) is 5.54. The van der Waals surface area contributed by atoms with Crippen molar-refractivity contribution in [3.8, 4) is 0 Å². The number of thiophene rings is 1. The van der Waals surface area contributed by atoms with Crippen LogP contribution in [-0.4, -0.2) is 48.0 Å². The smallest absolute Gasteiger partial charge is 0.267 e. The fourth-order valence-electron chi connectivity index (χ4n) is 3.71. The van der Waals surface area contributed by atoms with Crippen LogP contribution in [0.25, 0.3) is 0 Å². The lowest BCUT2D eigenvalue weighted by Crippen LogP contribution is -2.39. The van der Waals surface area contributed by atoms with Crippen LogP contribution in [0.15, 0.2) is 46.9 Å². The first kappa shape index (κ1) is 18.8. The quantitative estimate of drug-likeness (QED) is 0.815. The summed E-state index contributed by atoms with van der Waals surface area (Å²) >= 11 is 1.83.